The van der Waals surface area contributed by atoms with Crippen LogP contribution < -0.4 is 16.6 Å². The number of fused-ring (bicyclic) bond motifs is 1. The molecule has 3 aromatic rings. The summed E-state index contributed by atoms with van der Waals surface area (Å²) in [6.07, 6.45) is 1.64. The van der Waals surface area contributed by atoms with Gasteiger partial charge in [-0.1, -0.05) is 35.0 Å². The van der Waals surface area contributed by atoms with Gasteiger partial charge in [0.25, 0.3) is 5.56 Å². The van der Waals surface area contributed by atoms with E-state index in [0.717, 1.165) is 46.4 Å². The summed E-state index contributed by atoms with van der Waals surface area (Å²) in [5, 5.41) is 3.31. The Balaban J connectivity index is 2.14. The van der Waals surface area contributed by atoms with Gasteiger partial charge in [-0.3, -0.25) is 13.9 Å². The second-order valence-corrected chi connectivity index (χ2v) is 7.49. The zero-order chi connectivity index (χ0) is 19.6. The van der Waals surface area contributed by atoms with Gasteiger partial charge in [0.15, 0.2) is 11.2 Å². The molecule has 27 heavy (non-hydrogen) atoms. The Labute approximate surface area is 165 Å². The van der Waals surface area contributed by atoms with E-state index in [1.807, 2.05) is 28.8 Å². The first kappa shape index (κ1) is 19.6. The van der Waals surface area contributed by atoms with Crippen molar-refractivity contribution in [2.45, 2.75) is 26.3 Å². The van der Waals surface area contributed by atoms with Crippen LogP contribution in [0, 0.1) is 0 Å². The van der Waals surface area contributed by atoms with E-state index in [-0.39, 0.29) is 11.2 Å². The molecule has 2 heterocycles. The largest absolute Gasteiger partial charge is 0.332 e. The number of hydrogen-bond donors (Lipinski definition) is 1. The highest BCUT2D eigenvalue weighted by molar-refractivity contribution is 9.10. The molecule has 144 valence electrons. The van der Waals surface area contributed by atoms with Crippen molar-refractivity contribution in [1.82, 2.24) is 24.0 Å². The first-order valence-corrected chi connectivity index (χ1v) is 9.83. The van der Waals surface area contributed by atoms with Gasteiger partial charge in [0, 0.05) is 31.5 Å². The first-order valence-electron chi connectivity index (χ1n) is 9.04. The van der Waals surface area contributed by atoms with Gasteiger partial charge in [-0.2, -0.15) is 0 Å². The fraction of sp³-hybridized carbons (Fsp3) is 0.421. The van der Waals surface area contributed by atoms with Gasteiger partial charge in [-0.05, 0) is 37.2 Å². The van der Waals surface area contributed by atoms with Crippen molar-refractivity contribution in [2.24, 2.45) is 14.1 Å². The van der Waals surface area contributed by atoms with E-state index >= 15 is 0 Å². The molecule has 0 fully saturated rings. The predicted molar refractivity (Wildman–Crippen MR) is 110 cm³/mol. The minimum atomic E-state index is -0.362. The van der Waals surface area contributed by atoms with Crippen LogP contribution in [0.15, 0.2) is 38.3 Å². The third-order valence-corrected chi connectivity index (χ3v) is 5.15. The van der Waals surface area contributed by atoms with Gasteiger partial charge < -0.3 is 9.88 Å². The zero-order valence-corrected chi connectivity index (χ0v) is 17.4. The maximum Gasteiger partial charge on any atom is 0.332 e. The third kappa shape index (κ3) is 3.91. The average molecular weight is 434 g/mol. The van der Waals surface area contributed by atoms with E-state index in [1.165, 1.54) is 11.6 Å². The van der Waals surface area contributed by atoms with E-state index in [0.29, 0.717) is 17.7 Å². The van der Waals surface area contributed by atoms with Crippen LogP contribution in [0.2, 0.25) is 0 Å². The van der Waals surface area contributed by atoms with Crippen molar-refractivity contribution in [3.63, 3.8) is 0 Å². The Morgan fingerprint density at radius 1 is 1.19 bits per heavy atom. The molecular formula is C19H24BrN5O2. The van der Waals surface area contributed by atoms with Crippen LogP contribution in [0.1, 0.15) is 24.7 Å². The summed E-state index contributed by atoms with van der Waals surface area (Å²) in [6, 6.07) is 7.99. The zero-order valence-electron chi connectivity index (χ0n) is 15.8. The summed E-state index contributed by atoms with van der Waals surface area (Å²) in [7, 11) is 3.16. The second kappa shape index (κ2) is 8.22. The van der Waals surface area contributed by atoms with Crippen LogP contribution in [0.3, 0.4) is 0 Å². The summed E-state index contributed by atoms with van der Waals surface area (Å²) in [6.45, 7) is 4.40. The highest BCUT2D eigenvalue weighted by atomic mass is 79.9. The highest BCUT2D eigenvalue weighted by Gasteiger charge is 2.19. The number of aryl methyl sites for hydroxylation is 2. The van der Waals surface area contributed by atoms with E-state index in [2.05, 4.69) is 33.2 Å². The summed E-state index contributed by atoms with van der Waals surface area (Å²) < 4.78 is 5.52. The molecule has 7 nitrogen and oxygen atoms in total. The maximum atomic E-state index is 12.8. The molecule has 0 radical (unpaired) electrons. The van der Waals surface area contributed by atoms with Crippen LogP contribution in [0.4, 0.5) is 0 Å². The number of nitrogens with zero attached hydrogens (tertiary/aromatic N) is 4. The van der Waals surface area contributed by atoms with Crippen molar-refractivity contribution in [1.29, 1.82) is 0 Å². The monoisotopic (exact) mass is 433 g/mol. The van der Waals surface area contributed by atoms with Gasteiger partial charge in [-0.25, -0.2) is 9.78 Å². The number of nitrogens with one attached hydrogen (secondary N) is 1. The normalized spacial score (nSPS) is 11.4. The van der Waals surface area contributed by atoms with Gasteiger partial charge in [0.1, 0.15) is 5.82 Å². The molecule has 3 rings (SSSR count). The SMILES string of the molecule is CCNCCCc1nc2c(c(=O)n(C)c(=O)n2C)n1Cc1cccc(Br)c1. The van der Waals surface area contributed by atoms with Crippen molar-refractivity contribution in [3.8, 4) is 0 Å². The van der Waals surface area contributed by atoms with E-state index in [1.54, 1.807) is 7.05 Å². The molecule has 0 amide bonds. The minimum absolute atomic E-state index is 0.312. The summed E-state index contributed by atoms with van der Waals surface area (Å²) in [4.78, 5) is 29.8. The molecule has 0 spiro atoms. The van der Waals surface area contributed by atoms with E-state index in [9.17, 15) is 9.59 Å². The lowest BCUT2D eigenvalue weighted by Gasteiger charge is -2.10. The van der Waals surface area contributed by atoms with Crippen molar-refractivity contribution in [3.05, 3.63) is 61.0 Å². The number of rotatable bonds is 7. The topological polar surface area (TPSA) is 73.8 Å². The lowest BCUT2D eigenvalue weighted by molar-refractivity contribution is 0.638. The van der Waals surface area contributed by atoms with Crippen LogP contribution in [-0.4, -0.2) is 31.8 Å². The molecule has 0 aliphatic rings. The Morgan fingerprint density at radius 2 is 1.96 bits per heavy atom. The number of halogens is 1. The molecular weight excluding hydrogens is 410 g/mol. The summed E-state index contributed by atoms with van der Waals surface area (Å²) in [5.41, 5.74) is 1.30. The highest BCUT2D eigenvalue weighted by Crippen LogP contribution is 2.18. The van der Waals surface area contributed by atoms with Crippen LogP contribution in [0.5, 0.6) is 0 Å². The van der Waals surface area contributed by atoms with Gasteiger partial charge >= 0.3 is 5.69 Å². The van der Waals surface area contributed by atoms with Gasteiger partial charge in [0.05, 0.1) is 0 Å². The molecule has 1 aromatic carbocycles. The predicted octanol–water partition coefficient (Wildman–Crippen LogP) is 1.79. The average Bonchev–Trinajstić information content (AvgIpc) is 3.00. The van der Waals surface area contributed by atoms with Crippen molar-refractivity contribution < 1.29 is 0 Å². The van der Waals surface area contributed by atoms with Crippen molar-refractivity contribution in [2.75, 3.05) is 13.1 Å². The standard InChI is InChI=1S/C19H24BrN5O2/c1-4-21-10-6-9-15-22-17-16(18(26)24(3)19(27)23(17)2)25(15)12-13-7-5-8-14(20)11-13/h5,7-8,11,21H,4,6,9-10,12H2,1-3H3. The fourth-order valence-electron chi connectivity index (χ4n) is 3.22. The number of imidazole rings is 1. The van der Waals surface area contributed by atoms with Gasteiger partial charge in [0.2, 0.25) is 0 Å². The van der Waals surface area contributed by atoms with E-state index < -0.39 is 0 Å². The Kier molecular flexibility index (Phi) is 5.96. The molecule has 2 aromatic heterocycles. The van der Waals surface area contributed by atoms with Crippen LogP contribution in [-0.2, 0) is 27.1 Å². The first-order chi connectivity index (χ1) is 12.9. The lowest BCUT2D eigenvalue weighted by Crippen LogP contribution is -2.37. The molecule has 0 unspecified atom stereocenters. The molecule has 0 atom stereocenters. The number of aromatic nitrogens is 4. The molecule has 0 saturated carbocycles. The fourth-order valence-corrected chi connectivity index (χ4v) is 3.67. The third-order valence-electron chi connectivity index (χ3n) is 4.66. The number of benzene rings is 1. The summed E-state index contributed by atoms with van der Waals surface area (Å²) >= 11 is 3.50. The lowest BCUT2D eigenvalue weighted by atomic mass is 10.2. The Hall–Kier alpha value is -2.19. The second-order valence-electron chi connectivity index (χ2n) is 6.58. The molecule has 0 aliphatic carbocycles. The molecule has 0 saturated heterocycles. The molecule has 0 bridgehead atoms. The molecule has 8 heteroatoms. The quantitative estimate of drug-likeness (QED) is 0.576. The molecule has 0 aliphatic heterocycles. The van der Waals surface area contributed by atoms with Gasteiger partial charge in [-0.15, -0.1) is 0 Å². The summed E-state index contributed by atoms with van der Waals surface area (Å²) in [5.74, 6) is 0.821. The Bertz CT molecular complexity index is 1080. The molecule has 1 N–H and O–H groups in total. The van der Waals surface area contributed by atoms with Crippen LogP contribution >= 0.6 is 15.9 Å². The Morgan fingerprint density at radius 3 is 2.67 bits per heavy atom. The minimum Gasteiger partial charge on any atom is -0.318 e. The smallest absolute Gasteiger partial charge is 0.318 e. The maximum absolute atomic E-state index is 12.8. The number of hydrogen-bond acceptors (Lipinski definition) is 4. The van der Waals surface area contributed by atoms with Crippen LogP contribution in [0.25, 0.3) is 11.2 Å². The van der Waals surface area contributed by atoms with E-state index in [4.69, 9.17) is 0 Å². The van der Waals surface area contributed by atoms with Crippen molar-refractivity contribution >= 4 is 27.1 Å².